The quantitative estimate of drug-likeness (QED) is 0.686. The first-order chi connectivity index (χ1) is 13.5. The summed E-state index contributed by atoms with van der Waals surface area (Å²) in [6.45, 7) is 4.79. The van der Waals surface area contributed by atoms with Gasteiger partial charge in [0.05, 0.1) is 11.8 Å². The van der Waals surface area contributed by atoms with Crippen molar-refractivity contribution < 1.29 is 9.90 Å². The lowest BCUT2D eigenvalue weighted by atomic mass is 10.0. The highest BCUT2D eigenvalue weighted by molar-refractivity contribution is 5.77. The van der Waals surface area contributed by atoms with Crippen LogP contribution in [0.15, 0.2) is 24.9 Å². The number of aliphatic hydroxyl groups excluding tert-OH is 1. The Morgan fingerprint density at radius 1 is 1.25 bits per heavy atom. The fourth-order valence-electron chi connectivity index (χ4n) is 3.87. The number of rotatable bonds is 5. The van der Waals surface area contributed by atoms with Crippen LogP contribution in [0.25, 0.3) is 5.78 Å². The molecule has 3 aromatic heterocycles. The van der Waals surface area contributed by atoms with Gasteiger partial charge in [-0.1, -0.05) is 0 Å². The number of aryl methyl sites for hydroxylation is 2. The summed E-state index contributed by atoms with van der Waals surface area (Å²) >= 11 is 0. The second-order valence-electron chi connectivity index (χ2n) is 7.26. The van der Waals surface area contributed by atoms with Crippen LogP contribution in [0.2, 0.25) is 0 Å². The third kappa shape index (κ3) is 3.57. The van der Waals surface area contributed by atoms with E-state index in [1.165, 1.54) is 6.33 Å². The summed E-state index contributed by atoms with van der Waals surface area (Å²) in [5, 5.41) is 14.6. The smallest absolute Gasteiger partial charge is 0.252 e. The molecule has 146 valence electrons. The van der Waals surface area contributed by atoms with E-state index < -0.39 is 6.10 Å². The standard InChI is InChI=1S/C19H23N7O2/c1-12-16(13(2)26-19(24-12)22-11-23-26)3-4-18(28)25-9-14(17(27)10-25)7-15-8-20-5-6-21-15/h5-6,8,11,14,17,27H,3-4,7,9-10H2,1-2H3/t14-,17-/m1/s1. The molecule has 0 spiro atoms. The molecule has 1 saturated heterocycles. The normalized spacial score (nSPS) is 19.5. The highest BCUT2D eigenvalue weighted by atomic mass is 16.3. The second-order valence-corrected chi connectivity index (χ2v) is 7.26. The molecular weight excluding hydrogens is 358 g/mol. The number of likely N-dealkylation sites (tertiary alicyclic amines) is 1. The zero-order chi connectivity index (χ0) is 19.7. The first-order valence-electron chi connectivity index (χ1n) is 9.39. The number of amides is 1. The first-order valence-corrected chi connectivity index (χ1v) is 9.39. The summed E-state index contributed by atoms with van der Waals surface area (Å²) in [5.41, 5.74) is 3.67. The molecular formula is C19H23N7O2. The van der Waals surface area contributed by atoms with E-state index in [4.69, 9.17) is 0 Å². The van der Waals surface area contributed by atoms with Gasteiger partial charge >= 0.3 is 0 Å². The molecule has 4 rings (SSSR count). The molecule has 2 atom stereocenters. The average molecular weight is 381 g/mol. The average Bonchev–Trinajstić information content (AvgIpc) is 3.29. The van der Waals surface area contributed by atoms with Crippen molar-refractivity contribution in [3.8, 4) is 0 Å². The van der Waals surface area contributed by atoms with E-state index in [0.29, 0.717) is 38.1 Å². The predicted molar refractivity (Wildman–Crippen MR) is 100 cm³/mol. The predicted octanol–water partition coefficient (Wildman–Crippen LogP) is 0.526. The molecule has 1 fully saturated rings. The number of β-amino-alcohol motifs (C(OH)–C–C–N with tert-alkyl or cyclic N) is 1. The van der Waals surface area contributed by atoms with Gasteiger partial charge in [0, 0.05) is 55.4 Å². The van der Waals surface area contributed by atoms with E-state index in [2.05, 4.69) is 25.0 Å². The third-order valence-corrected chi connectivity index (χ3v) is 5.42. The van der Waals surface area contributed by atoms with Crippen LogP contribution in [-0.4, -0.2) is 64.7 Å². The van der Waals surface area contributed by atoms with Crippen molar-refractivity contribution in [1.29, 1.82) is 0 Å². The van der Waals surface area contributed by atoms with E-state index in [0.717, 1.165) is 22.6 Å². The van der Waals surface area contributed by atoms with Crippen LogP contribution in [0.4, 0.5) is 0 Å². The molecule has 1 N–H and O–H groups in total. The lowest BCUT2D eigenvalue weighted by Gasteiger charge is -2.17. The van der Waals surface area contributed by atoms with Crippen LogP contribution in [0.5, 0.6) is 0 Å². The van der Waals surface area contributed by atoms with Gasteiger partial charge in [-0.05, 0) is 32.3 Å². The Balaban J connectivity index is 1.39. The van der Waals surface area contributed by atoms with Crippen molar-refractivity contribution in [2.45, 2.75) is 39.2 Å². The van der Waals surface area contributed by atoms with E-state index >= 15 is 0 Å². The molecule has 0 saturated carbocycles. The molecule has 0 radical (unpaired) electrons. The van der Waals surface area contributed by atoms with Crippen molar-refractivity contribution in [3.05, 3.63) is 47.6 Å². The number of fused-ring (bicyclic) bond motifs is 1. The molecule has 4 heterocycles. The Morgan fingerprint density at radius 2 is 2.11 bits per heavy atom. The first kappa shape index (κ1) is 18.4. The molecule has 0 aromatic carbocycles. The van der Waals surface area contributed by atoms with Crippen molar-refractivity contribution in [2.75, 3.05) is 13.1 Å². The van der Waals surface area contributed by atoms with Crippen LogP contribution >= 0.6 is 0 Å². The number of aromatic nitrogens is 6. The summed E-state index contributed by atoms with van der Waals surface area (Å²) in [6.07, 6.45) is 7.48. The fraction of sp³-hybridized carbons (Fsp3) is 0.474. The minimum atomic E-state index is -0.539. The Kier molecular flexibility index (Phi) is 4.99. The van der Waals surface area contributed by atoms with Gasteiger partial charge in [0.1, 0.15) is 6.33 Å². The summed E-state index contributed by atoms with van der Waals surface area (Å²) < 4.78 is 1.70. The van der Waals surface area contributed by atoms with Gasteiger partial charge in [0.2, 0.25) is 5.91 Å². The van der Waals surface area contributed by atoms with E-state index in [9.17, 15) is 9.90 Å². The maximum atomic E-state index is 12.7. The number of aliphatic hydroxyl groups is 1. The van der Waals surface area contributed by atoms with Crippen molar-refractivity contribution >= 4 is 11.7 Å². The molecule has 28 heavy (non-hydrogen) atoms. The van der Waals surface area contributed by atoms with Crippen LogP contribution < -0.4 is 0 Å². The lowest BCUT2D eigenvalue weighted by molar-refractivity contribution is -0.130. The van der Waals surface area contributed by atoms with Gasteiger partial charge < -0.3 is 10.0 Å². The Morgan fingerprint density at radius 3 is 2.89 bits per heavy atom. The summed E-state index contributed by atoms with van der Waals surface area (Å²) in [6, 6.07) is 0. The topological polar surface area (TPSA) is 109 Å². The van der Waals surface area contributed by atoms with E-state index in [1.807, 2.05) is 13.8 Å². The molecule has 1 aliphatic heterocycles. The largest absolute Gasteiger partial charge is 0.391 e. The highest BCUT2D eigenvalue weighted by Gasteiger charge is 2.34. The second kappa shape index (κ2) is 7.59. The lowest BCUT2D eigenvalue weighted by Crippen LogP contribution is -2.30. The van der Waals surface area contributed by atoms with Crippen molar-refractivity contribution in [1.82, 2.24) is 34.4 Å². The number of hydrogen-bond donors (Lipinski definition) is 1. The van der Waals surface area contributed by atoms with Gasteiger partial charge in [-0.2, -0.15) is 10.1 Å². The van der Waals surface area contributed by atoms with Crippen LogP contribution in [0.1, 0.15) is 29.1 Å². The minimum Gasteiger partial charge on any atom is -0.391 e. The van der Waals surface area contributed by atoms with Gasteiger partial charge in [0.25, 0.3) is 5.78 Å². The molecule has 0 unspecified atom stereocenters. The van der Waals surface area contributed by atoms with Gasteiger partial charge in [-0.15, -0.1) is 0 Å². The van der Waals surface area contributed by atoms with Crippen molar-refractivity contribution in [2.24, 2.45) is 5.92 Å². The molecule has 9 nitrogen and oxygen atoms in total. The fourth-order valence-corrected chi connectivity index (χ4v) is 3.87. The number of nitrogens with zero attached hydrogens (tertiary/aromatic N) is 7. The monoisotopic (exact) mass is 381 g/mol. The van der Waals surface area contributed by atoms with Crippen LogP contribution in [0.3, 0.4) is 0 Å². The third-order valence-electron chi connectivity index (χ3n) is 5.42. The Labute approximate surface area is 162 Å². The molecule has 1 amide bonds. The van der Waals surface area contributed by atoms with Crippen molar-refractivity contribution in [3.63, 3.8) is 0 Å². The number of hydrogen-bond acceptors (Lipinski definition) is 7. The van der Waals surface area contributed by atoms with Gasteiger partial charge in [-0.25, -0.2) is 9.50 Å². The van der Waals surface area contributed by atoms with Gasteiger partial charge in [0.15, 0.2) is 0 Å². The Hall–Kier alpha value is -2.94. The van der Waals surface area contributed by atoms with Crippen LogP contribution in [0, 0.1) is 19.8 Å². The van der Waals surface area contributed by atoms with Gasteiger partial charge in [-0.3, -0.25) is 14.8 Å². The highest BCUT2D eigenvalue weighted by Crippen LogP contribution is 2.22. The number of carbonyl (C=O) groups excluding carboxylic acids is 1. The Bertz CT molecular complexity index is 989. The molecule has 0 aliphatic carbocycles. The van der Waals surface area contributed by atoms with E-state index in [-0.39, 0.29) is 11.8 Å². The molecule has 9 heteroatoms. The number of carbonyl (C=O) groups is 1. The maximum absolute atomic E-state index is 12.7. The zero-order valence-electron chi connectivity index (χ0n) is 16.0. The van der Waals surface area contributed by atoms with Crippen LogP contribution in [-0.2, 0) is 17.6 Å². The summed E-state index contributed by atoms with van der Waals surface area (Å²) in [7, 11) is 0. The minimum absolute atomic E-state index is 0.0164. The summed E-state index contributed by atoms with van der Waals surface area (Å²) in [5.74, 6) is 0.593. The molecule has 0 bridgehead atoms. The molecule has 3 aromatic rings. The molecule has 1 aliphatic rings. The SMILES string of the molecule is Cc1nc2ncnn2c(C)c1CCC(=O)N1C[C@@H](Cc2cnccn2)[C@H](O)C1. The summed E-state index contributed by atoms with van der Waals surface area (Å²) in [4.78, 5) is 31.4. The van der Waals surface area contributed by atoms with E-state index in [1.54, 1.807) is 28.0 Å². The maximum Gasteiger partial charge on any atom is 0.252 e. The zero-order valence-corrected chi connectivity index (χ0v) is 16.0.